The molecule has 14 heavy (non-hydrogen) atoms. The fraction of sp³-hybridized carbons (Fsp3) is 0.167. The number of nitrogens with zero attached hydrogens (tertiary/aromatic N) is 1. The third-order valence-corrected chi connectivity index (χ3v) is 2.36. The molecule has 0 radical (unpaired) electrons. The van der Waals surface area contributed by atoms with E-state index in [4.69, 9.17) is 5.73 Å². The van der Waals surface area contributed by atoms with Crippen molar-refractivity contribution in [3.63, 3.8) is 0 Å². The number of nitrogen functional groups attached to an aromatic ring is 1. The molecule has 0 unspecified atom stereocenters. The molecule has 72 valence electrons. The van der Waals surface area contributed by atoms with Gasteiger partial charge in [0, 0.05) is 25.5 Å². The van der Waals surface area contributed by atoms with Gasteiger partial charge in [0.25, 0.3) is 0 Å². The zero-order chi connectivity index (χ0) is 10.1. The Hall–Kier alpha value is -1.70. The van der Waals surface area contributed by atoms with E-state index in [-0.39, 0.29) is 0 Å². The molecule has 0 aliphatic heterocycles. The van der Waals surface area contributed by atoms with Gasteiger partial charge in [0.05, 0.1) is 0 Å². The summed E-state index contributed by atoms with van der Waals surface area (Å²) < 4.78 is 0. The Morgan fingerprint density at radius 3 is 2.29 bits per heavy atom. The van der Waals surface area contributed by atoms with Crippen LogP contribution in [0.4, 0.5) is 11.4 Å². The van der Waals surface area contributed by atoms with Crippen molar-refractivity contribution >= 4 is 22.1 Å². The van der Waals surface area contributed by atoms with Gasteiger partial charge in [-0.2, -0.15) is 0 Å². The lowest BCUT2D eigenvalue weighted by Gasteiger charge is -2.13. The quantitative estimate of drug-likeness (QED) is 0.693. The van der Waals surface area contributed by atoms with E-state index in [1.165, 1.54) is 16.5 Å². The number of nitrogens with two attached hydrogens (primary N) is 1. The molecule has 0 bridgehead atoms. The molecule has 2 rings (SSSR count). The number of hydrogen-bond acceptors (Lipinski definition) is 2. The van der Waals surface area contributed by atoms with Crippen LogP contribution in [0.25, 0.3) is 10.8 Å². The Balaban J connectivity index is 2.62. The molecule has 0 atom stereocenters. The van der Waals surface area contributed by atoms with Crippen molar-refractivity contribution < 1.29 is 0 Å². The molecule has 0 spiro atoms. The van der Waals surface area contributed by atoms with Crippen LogP contribution in [0.15, 0.2) is 36.4 Å². The number of benzene rings is 2. The summed E-state index contributed by atoms with van der Waals surface area (Å²) in [6, 6.07) is 12.3. The number of rotatable bonds is 1. The van der Waals surface area contributed by atoms with E-state index in [0.29, 0.717) is 0 Å². The van der Waals surface area contributed by atoms with Gasteiger partial charge in [0.2, 0.25) is 0 Å². The van der Waals surface area contributed by atoms with Crippen LogP contribution in [0.5, 0.6) is 0 Å². The SMILES string of the molecule is CN(C)c1ccc2cc(N)ccc2c1. The molecule has 2 aromatic carbocycles. The topological polar surface area (TPSA) is 29.3 Å². The van der Waals surface area contributed by atoms with Crippen molar-refractivity contribution in [2.75, 3.05) is 24.7 Å². The Kier molecular flexibility index (Phi) is 2.04. The van der Waals surface area contributed by atoms with Gasteiger partial charge in [-0.25, -0.2) is 0 Å². The second kappa shape index (κ2) is 3.22. The Bertz CT molecular complexity index is 461. The molecule has 0 amide bonds. The van der Waals surface area contributed by atoms with Crippen molar-refractivity contribution in [1.29, 1.82) is 0 Å². The van der Waals surface area contributed by atoms with Crippen LogP contribution >= 0.6 is 0 Å². The summed E-state index contributed by atoms with van der Waals surface area (Å²) >= 11 is 0. The van der Waals surface area contributed by atoms with Gasteiger partial charge in [-0.05, 0) is 35.0 Å². The van der Waals surface area contributed by atoms with Gasteiger partial charge >= 0.3 is 0 Å². The maximum atomic E-state index is 5.71. The zero-order valence-electron chi connectivity index (χ0n) is 8.49. The van der Waals surface area contributed by atoms with Gasteiger partial charge in [-0.15, -0.1) is 0 Å². The summed E-state index contributed by atoms with van der Waals surface area (Å²) in [6.45, 7) is 0. The van der Waals surface area contributed by atoms with Crippen LogP contribution in [-0.2, 0) is 0 Å². The van der Waals surface area contributed by atoms with Gasteiger partial charge in [-0.1, -0.05) is 12.1 Å². The van der Waals surface area contributed by atoms with E-state index >= 15 is 0 Å². The van der Waals surface area contributed by atoms with Crippen molar-refractivity contribution in [1.82, 2.24) is 0 Å². The maximum Gasteiger partial charge on any atom is 0.0367 e. The fourth-order valence-corrected chi connectivity index (χ4v) is 1.53. The summed E-state index contributed by atoms with van der Waals surface area (Å²) in [6.07, 6.45) is 0. The molecule has 0 saturated heterocycles. The molecule has 0 aromatic heterocycles. The van der Waals surface area contributed by atoms with Crippen LogP contribution in [0.1, 0.15) is 0 Å². The smallest absolute Gasteiger partial charge is 0.0367 e. The lowest BCUT2D eigenvalue weighted by molar-refractivity contribution is 1.14. The van der Waals surface area contributed by atoms with E-state index < -0.39 is 0 Å². The molecular weight excluding hydrogens is 172 g/mol. The van der Waals surface area contributed by atoms with Crippen LogP contribution < -0.4 is 10.6 Å². The van der Waals surface area contributed by atoms with Gasteiger partial charge in [0.15, 0.2) is 0 Å². The Morgan fingerprint density at radius 1 is 0.929 bits per heavy atom. The van der Waals surface area contributed by atoms with Crippen molar-refractivity contribution in [2.45, 2.75) is 0 Å². The van der Waals surface area contributed by atoms with Gasteiger partial charge < -0.3 is 10.6 Å². The average molecular weight is 186 g/mol. The largest absolute Gasteiger partial charge is 0.399 e. The number of fused-ring (bicyclic) bond motifs is 1. The lowest BCUT2D eigenvalue weighted by atomic mass is 10.1. The minimum absolute atomic E-state index is 0.815. The Morgan fingerprint density at radius 2 is 1.57 bits per heavy atom. The molecule has 2 nitrogen and oxygen atoms in total. The molecule has 2 aromatic rings. The van der Waals surface area contributed by atoms with Crippen molar-refractivity contribution in [3.05, 3.63) is 36.4 Å². The van der Waals surface area contributed by atoms with Gasteiger partial charge in [0.1, 0.15) is 0 Å². The molecule has 2 heteroatoms. The summed E-state index contributed by atoms with van der Waals surface area (Å²) in [5.74, 6) is 0. The monoisotopic (exact) mass is 186 g/mol. The summed E-state index contributed by atoms with van der Waals surface area (Å²) in [5, 5.41) is 2.42. The van der Waals surface area contributed by atoms with Crippen molar-refractivity contribution in [2.24, 2.45) is 0 Å². The first-order chi connectivity index (χ1) is 6.66. The predicted molar refractivity (Wildman–Crippen MR) is 62.7 cm³/mol. The highest BCUT2D eigenvalue weighted by atomic mass is 15.1. The normalized spacial score (nSPS) is 10.4. The number of hydrogen-bond donors (Lipinski definition) is 1. The molecule has 0 aliphatic carbocycles. The highest BCUT2D eigenvalue weighted by Crippen LogP contribution is 2.22. The molecular formula is C12H14N2. The van der Waals surface area contributed by atoms with E-state index in [1.807, 2.05) is 26.2 Å². The van der Waals surface area contributed by atoms with E-state index in [0.717, 1.165) is 5.69 Å². The third kappa shape index (κ3) is 1.51. The highest BCUT2D eigenvalue weighted by Gasteiger charge is 1.97. The van der Waals surface area contributed by atoms with Crippen LogP contribution in [0, 0.1) is 0 Å². The molecule has 2 N–H and O–H groups in total. The maximum absolute atomic E-state index is 5.71. The average Bonchev–Trinajstić information content (AvgIpc) is 2.16. The zero-order valence-corrected chi connectivity index (χ0v) is 8.49. The van der Waals surface area contributed by atoms with E-state index in [1.54, 1.807) is 0 Å². The predicted octanol–water partition coefficient (Wildman–Crippen LogP) is 2.49. The molecule has 0 fully saturated rings. The minimum Gasteiger partial charge on any atom is -0.399 e. The standard InChI is InChI=1S/C12H14N2/c1-14(2)12-6-4-9-7-11(13)5-3-10(9)8-12/h3-8H,13H2,1-2H3. The molecule has 0 aliphatic rings. The van der Waals surface area contributed by atoms with Crippen LogP contribution in [0.3, 0.4) is 0 Å². The van der Waals surface area contributed by atoms with E-state index in [2.05, 4.69) is 29.2 Å². The number of anilines is 2. The summed E-state index contributed by atoms with van der Waals surface area (Å²) in [7, 11) is 4.08. The first-order valence-corrected chi connectivity index (χ1v) is 4.63. The molecule has 0 saturated carbocycles. The fourth-order valence-electron chi connectivity index (χ4n) is 1.53. The first kappa shape index (κ1) is 8.88. The minimum atomic E-state index is 0.815. The lowest BCUT2D eigenvalue weighted by Crippen LogP contribution is -2.07. The second-order valence-corrected chi connectivity index (χ2v) is 3.69. The Labute approximate surface area is 83.9 Å². The first-order valence-electron chi connectivity index (χ1n) is 4.63. The summed E-state index contributed by atoms with van der Waals surface area (Å²) in [4.78, 5) is 2.09. The summed E-state index contributed by atoms with van der Waals surface area (Å²) in [5.41, 5.74) is 7.74. The van der Waals surface area contributed by atoms with Crippen molar-refractivity contribution in [3.8, 4) is 0 Å². The second-order valence-electron chi connectivity index (χ2n) is 3.69. The van der Waals surface area contributed by atoms with Crippen LogP contribution in [-0.4, -0.2) is 14.1 Å². The van der Waals surface area contributed by atoms with Crippen LogP contribution in [0.2, 0.25) is 0 Å². The van der Waals surface area contributed by atoms with E-state index in [9.17, 15) is 0 Å². The highest BCUT2D eigenvalue weighted by molar-refractivity contribution is 5.88. The molecule has 0 heterocycles. The van der Waals surface area contributed by atoms with Gasteiger partial charge in [-0.3, -0.25) is 0 Å². The third-order valence-electron chi connectivity index (χ3n) is 2.36.